The van der Waals surface area contributed by atoms with E-state index >= 15 is 0 Å². The molecule has 19 heavy (non-hydrogen) atoms. The van der Waals surface area contributed by atoms with Crippen molar-refractivity contribution in [3.63, 3.8) is 0 Å². The molecule has 0 aromatic carbocycles. The molecule has 2 rings (SSSR count). The van der Waals surface area contributed by atoms with Crippen LogP contribution in [0.25, 0.3) is 0 Å². The highest BCUT2D eigenvalue weighted by atomic mass is 32.2. The molecule has 1 amide bonds. The van der Waals surface area contributed by atoms with Gasteiger partial charge >= 0.3 is 0 Å². The minimum Gasteiger partial charge on any atom is -0.368 e. The quantitative estimate of drug-likeness (QED) is 0.870. The summed E-state index contributed by atoms with van der Waals surface area (Å²) >= 11 is 1.80. The molecular formula is C13H18FN3OS. The van der Waals surface area contributed by atoms with Gasteiger partial charge in [-0.25, -0.2) is 9.37 Å². The van der Waals surface area contributed by atoms with Crippen molar-refractivity contribution in [2.75, 3.05) is 23.4 Å². The number of carbonyl (C=O) groups is 1. The second kappa shape index (κ2) is 6.75. The molecule has 104 valence electrons. The smallest absolute Gasteiger partial charge is 0.254 e. The lowest BCUT2D eigenvalue weighted by atomic mass is 10.2. The van der Waals surface area contributed by atoms with Crippen LogP contribution in [-0.4, -0.2) is 35.0 Å². The van der Waals surface area contributed by atoms with E-state index in [4.69, 9.17) is 0 Å². The van der Waals surface area contributed by atoms with E-state index in [0.29, 0.717) is 6.54 Å². The van der Waals surface area contributed by atoms with Crippen molar-refractivity contribution in [2.24, 2.45) is 0 Å². The highest BCUT2D eigenvalue weighted by molar-refractivity contribution is 7.99. The number of aromatic nitrogens is 1. The summed E-state index contributed by atoms with van der Waals surface area (Å²) < 4.78 is 14.1. The van der Waals surface area contributed by atoms with E-state index in [0.717, 1.165) is 24.3 Å². The van der Waals surface area contributed by atoms with Crippen LogP contribution in [0, 0.1) is 5.82 Å². The third-order valence-corrected chi connectivity index (χ3v) is 4.10. The molecule has 1 fully saturated rings. The molecule has 1 atom stereocenters. The molecule has 0 spiro atoms. The number of anilines is 1. The van der Waals surface area contributed by atoms with Gasteiger partial charge in [-0.05, 0) is 24.7 Å². The van der Waals surface area contributed by atoms with Crippen molar-refractivity contribution in [3.05, 3.63) is 23.6 Å². The molecule has 1 saturated heterocycles. The van der Waals surface area contributed by atoms with Gasteiger partial charge in [-0.2, -0.15) is 11.8 Å². The summed E-state index contributed by atoms with van der Waals surface area (Å²) in [7, 11) is 0. The molecule has 1 aromatic heterocycles. The molecule has 0 aliphatic carbocycles. The van der Waals surface area contributed by atoms with Gasteiger partial charge in [0.1, 0.15) is 0 Å². The van der Waals surface area contributed by atoms with Gasteiger partial charge in [-0.15, -0.1) is 0 Å². The SMILES string of the molecule is CCCNc1nccc(C(=O)NC2CCSC2)c1F. The van der Waals surface area contributed by atoms with Gasteiger partial charge in [-0.1, -0.05) is 6.92 Å². The Hall–Kier alpha value is -1.30. The van der Waals surface area contributed by atoms with Crippen LogP contribution in [0.5, 0.6) is 0 Å². The number of pyridine rings is 1. The Kier molecular flexibility index (Phi) is 5.01. The number of hydrogen-bond donors (Lipinski definition) is 2. The summed E-state index contributed by atoms with van der Waals surface area (Å²) in [5, 5.41) is 5.75. The first-order chi connectivity index (χ1) is 9.22. The van der Waals surface area contributed by atoms with Crippen LogP contribution < -0.4 is 10.6 Å². The van der Waals surface area contributed by atoms with E-state index in [1.807, 2.05) is 6.92 Å². The third kappa shape index (κ3) is 3.59. The number of thioether (sulfide) groups is 1. The molecule has 1 aliphatic rings. The lowest BCUT2D eigenvalue weighted by Gasteiger charge is -2.13. The van der Waals surface area contributed by atoms with E-state index < -0.39 is 5.82 Å². The third-order valence-electron chi connectivity index (χ3n) is 2.94. The van der Waals surface area contributed by atoms with Crippen LogP contribution >= 0.6 is 11.8 Å². The van der Waals surface area contributed by atoms with Gasteiger partial charge < -0.3 is 10.6 Å². The van der Waals surface area contributed by atoms with Gasteiger partial charge in [-0.3, -0.25) is 4.79 Å². The highest BCUT2D eigenvalue weighted by Gasteiger charge is 2.21. The number of hydrogen-bond acceptors (Lipinski definition) is 4. The molecule has 1 aromatic rings. The summed E-state index contributed by atoms with van der Waals surface area (Å²) in [5.74, 6) is 1.17. The summed E-state index contributed by atoms with van der Waals surface area (Å²) in [6.07, 6.45) is 3.28. The second-order valence-corrected chi connectivity index (χ2v) is 5.63. The van der Waals surface area contributed by atoms with Crippen molar-refractivity contribution in [1.82, 2.24) is 10.3 Å². The number of rotatable bonds is 5. The van der Waals surface area contributed by atoms with Crippen LogP contribution in [0.4, 0.5) is 10.2 Å². The zero-order valence-corrected chi connectivity index (χ0v) is 11.7. The maximum Gasteiger partial charge on any atom is 0.254 e. The van der Waals surface area contributed by atoms with Crippen LogP contribution in [-0.2, 0) is 0 Å². The van der Waals surface area contributed by atoms with E-state index in [2.05, 4.69) is 15.6 Å². The Morgan fingerprint density at radius 1 is 1.63 bits per heavy atom. The van der Waals surface area contributed by atoms with Crippen LogP contribution in [0.3, 0.4) is 0 Å². The van der Waals surface area contributed by atoms with Crippen LogP contribution in [0.2, 0.25) is 0 Å². The van der Waals surface area contributed by atoms with E-state index in [1.54, 1.807) is 11.8 Å². The average molecular weight is 283 g/mol. The van der Waals surface area contributed by atoms with Crippen molar-refractivity contribution in [3.8, 4) is 0 Å². The summed E-state index contributed by atoms with van der Waals surface area (Å²) in [6, 6.07) is 1.57. The molecule has 0 bridgehead atoms. The topological polar surface area (TPSA) is 54.0 Å². The maximum atomic E-state index is 14.1. The molecule has 0 saturated carbocycles. The number of nitrogens with zero attached hydrogens (tertiary/aromatic N) is 1. The molecule has 4 nitrogen and oxygen atoms in total. The Morgan fingerprint density at radius 2 is 2.47 bits per heavy atom. The average Bonchev–Trinajstić information content (AvgIpc) is 2.90. The Balaban J connectivity index is 2.07. The maximum absolute atomic E-state index is 14.1. The minimum absolute atomic E-state index is 0.0607. The highest BCUT2D eigenvalue weighted by Crippen LogP contribution is 2.19. The second-order valence-electron chi connectivity index (χ2n) is 4.48. The monoisotopic (exact) mass is 283 g/mol. The molecule has 2 heterocycles. The van der Waals surface area contributed by atoms with Crippen molar-refractivity contribution in [1.29, 1.82) is 0 Å². The fourth-order valence-corrected chi connectivity index (χ4v) is 3.05. The summed E-state index contributed by atoms with van der Waals surface area (Å²) in [4.78, 5) is 16.0. The molecule has 6 heteroatoms. The lowest BCUT2D eigenvalue weighted by molar-refractivity contribution is 0.0937. The molecule has 0 radical (unpaired) electrons. The first kappa shape index (κ1) is 14.1. The molecule has 2 N–H and O–H groups in total. The predicted molar refractivity (Wildman–Crippen MR) is 76.2 cm³/mol. The van der Waals surface area contributed by atoms with Crippen LogP contribution in [0.15, 0.2) is 12.3 Å². The number of carbonyl (C=O) groups excluding carboxylic acids is 1. The standard InChI is InChI=1S/C13H18FN3OS/c1-2-5-15-12-11(14)10(3-6-16-12)13(18)17-9-4-7-19-8-9/h3,6,9H,2,4-5,7-8H2,1H3,(H,15,16)(H,17,18). The van der Waals surface area contributed by atoms with Gasteiger partial charge in [0.2, 0.25) is 0 Å². The molecule has 1 unspecified atom stereocenters. The summed E-state index contributed by atoms with van der Waals surface area (Å²) in [5.41, 5.74) is 0.0607. The van der Waals surface area contributed by atoms with E-state index in [9.17, 15) is 9.18 Å². The van der Waals surface area contributed by atoms with Crippen molar-refractivity contribution >= 4 is 23.5 Å². The first-order valence-electron chi connectivity index (χ1n) is 6.49. The summed E-state index contributed by atoms with van der Waals surface area (Å²) in [6.45, 7) is 2.62. The Morgan fingerprint density at radius 3 is 3.16 bits per heavy atom. The zero-order chi connectivity index (χ0) is 13.7. The largest absolute Gasteiger partial charge is 0.368 e. The first-order valence-corrected chi connectivity index (χ1v) is 7.64. The normalized spacial score (nSPS) is 18.3. The number of nitrogens with one attached hydrogen (secondary N) is 2. The molecule has 1 aliphatic heterocycles. The zero-order valence-electron chi connectivity index (χ0n) is 10.9. The van der Waals surface area contributed by atoms with Gasteiger partial charge in [0.05, 0.1) is 5.56 Å². The molecular weight excluding hydrogens is 265 g/mol. The fraction of sp³-hybridized carbons (Fsp3) is 0.538. The Bertz CT molecular complexity index is 450. The van der Waals surface area contributed by atoms with Crippen LogP contribution in [0.1, 0.15) is 30.1 Å². The Labute approximate surface area is 116 Å². The van der Waals surface area contributed by atoms with Crippen molar-refractivity contribution < 1.29 is 9.18 Å². The van der Waals surface area contributed by atoms with Gasteiger partial charge in [0.15, 0.2) is 11.6 Å². The predicted octanol–water partition coefficient (Wildman–Crippen LogP) is 2.28. The number of halogens is 1. The fourth-order valence-electron chi connectivity index (χ4n) is 1.90. The van der Waals surface area contributed by atoms with E-state index in [1.165, 1.54) is 12.3 Å². The van der Waals surface area contributed by atoms with E-state index in [-0.39, 0.29) is 23.3 Å². The minimum atomic E-state index is -0.570. The number of amides is 1. The lowest BCUT2D eigenvalue weighted by Crippen LogP contribution is -2.35. The van der Waals surface area contributed by atoms with Gasteiger partial charge in [0.25, 0.3) is 5.91 Å². The van der Waals surface area contributed by atoms with Gasteiger partial charge in [0, 0.05) is 24.5 Å². The van der Waals surface area contributed by atoms with Crippen molar-refractivity contribution in [2.45, 2.75) is 25.8 Å².